The average Bonchev–Trinajstić information content (AvgIpc) is 2.01. The molecule has 0 aromatic rings. The van der Waals surface area contributed by atoms with Gasteiger partial charge in [0.2, 0.25) is 0 Å². The SMILES string of the molecule is CNC(CSCCS(C)(=O)=O)C(C)C. The van der Waals surface area contributed by atoms with E-state index in [2.05, 4.69) is 19.2 Å². The first kappa shape index (κ1) is 14.3. The molecule has 0 aromatic carbocycles. The molecule has 1 N–H and O–H groups in total. The molecule has 0 radical (unpaired) electrons. The van der Waals surface area contributed by atoms with E-state index in [4.69, 9.17) is 0 Å². The van der Waals surface area contributed by atoms with E-state index in [1.807, 2.05) is 7.05 Å². The Balaban J connectivity index is 3.63. The fourth-order valence-corrected chi connectivity index (χ4v) is 3.68. The van der Waals surface area contributed by atoms with Crippen molar-refractivity contribution >= 4 is 21.6 Å². The van der Waals surface area contributed by atoms with Gasteiger partial charge in [-0.3, -0.25) is 0 Å². The number of hydrogen-bond acceptors (Lipinski definition) is 4. The number of hydrogen-bond donors (Lipinski definition) is 1. The Morgan fingerprint density at radius 2 is 1.93 bits per heavy atom. The first-order valence-electron chi connectivity index (χ1n) is 4.79. The van der Waals surface area contributed by atoms with Crippen molar-refractivity contribution in [2.45, 2.75) is 19.9 Å². The highest BCUT2D eigenvalue weighted by Gasteiger charge is 2.10. The third-order valence-electron chi connectivity index (χ3n) is 2.07. The zero-order chi connectivity index (χ0) is 11.2. The standard InChI is InChI=1S/C9H21NO2S2/c1-8(2)9(10-3)7-13-5-6-14(4,11)12/h8-10H,5-7H2,1-4H3. The number of rotatable bonds is 7. The molecule has 0 saturated carbocycles. The molecule has 1 atom stereocenters. The van der Waals surface area contributed by atoms with E-state index in [0.29, 0.717) is 17.7 Å². The van der Waals surface area contributed by atoms with Crippen molar-refractivity contribution in [2.75, 3.05) is 30.6 Å². The van der Waals surface area contributed by atoms with Crippen LogP contribution in [0.25, 0.3) is 0 Å². The largest absolute Gasteiger partial charge is 0.316 e. The van der Waals surface area contributed by atoms with Crippen molar-refractivity contribution in [3.05, 3.63) is 0 Å². The highest BCUT2D eigenvalue weighted by molar-refractivity contribution is 8.00. The van der Waals surface area contributed by atoms with Crippen LogP contribution in [0.2, 0.25) is 0 Å². The molecule has 1 unspecified atom stereocenters. The molecule has 3 nitrogen and oxygen atoms in total. The van der Waals surface area contributed by atoms with Crippen LogP contribution in [-0.2, 0) is 9.84 Å². The van der Waals surface area contributed by atoms with Crippen LogP contribution < -0.4 is 5.32 Å². The minimum Gasteiger partial charge on any atom is -0.316 e. The van der Waals surface area contributed by atoms with Gasteiger partial charge in [-0.05, 0) is 13.0 Å². The predicted octanol–water partition coefficient (Wildman–Crippen LogP) is 1.01. The molecule has 5 heteroatoms. The topological polar surface area (TPSA) is 46.2 Å². The Kier molecular flexibility index (Phi) is 6.81. The first-order valence-corrected chi connectivity index (χ1v) is 8.01. The summed E-state index contributed by atoms with van der Waals surface area (Å²) in [6.45, 7) is 4.33. The van der Waals surface area contributed by atoms with E-state index < -0.39 is 9.84 Å². The molecular weight excluding hydrogens is 218 g/mol. The van der Waals surface area contributed by atoms with Crippen LogP contribution in [0.1, 0.15) is 13.8 Å². The van der Waals surface area contributed by atoms with Gasteiger partial charge in [-0.2, -0.15) is 11.8 Å². The monoisotopic (exact) mass is 239 g/mol. The Morgan fingerprint density at radius 3 is 2.29 bits per heavy atom. The van der Waals surface area contributed by atoms with Crippen molar-refractivity contribution in [2.24, 2.45) is 5.92 Å². The number of nitrogens with one attached hydrogen (secondary N) is 1. The molecule has 86 valence electrons. The maximum Gasteiger partial charge on any atom is 0.148 e. The molecule has 0 aliphatic carbocycles. The molecule has 0 fully saturated rings. The Hall–Kier alpha value is 0.260. The number of sulfone groups is 1. The minimum atomic E-state index is -2.79. The molecular formula is C9H21NO2S2. The molecule has 0 spiro atoms. The second kappa shape index (κ2) is 6.69. The predicted molar refractivity (Wildman–Crippen MR) is 64.7 cm³/mol. The van der Waals surface area contributed by atoms with Gasteiger partial charge in [-0.1, -0.05) is 13.8 Å². The van der Waals surface area contributed by atoms with Gasteiger partial charge >= 0.3 is 0 Å². The minimum absolute atomic E-state index is 0.284. The summed E-state index contributed by atoms with van der Waals surface area (Å²) in [5.74, 6) is 2.55. The van der Waals surface area contributed by atoms with Crippen LogP contribution in [0, 0.1) is 5.92 Å². The molecule has 0 amide bonds. The quantitative estimate of drug-likeness (QED) is 0.674. The van der Waals surface area contributed by atoms with Crippen molar-refractivity contribution in [1.29, 1.82) is 0 Å². The smallest absolute Gasteiger partial charge is 0.148 e. The van der Waals surface area contributed by atoms with Crippen LogP contribution in [0.4, 0.5) is 0 Å². The van der Waals surface area contributed by atoms with Gasteiger partial charge < -0.3 is 5.32 Å². The van der Waals surface area contributed by atoms with Gasteiger partial charge in [0.15, 0.2) is 0 Å². The van der Waals surface area contributed by atoms with E-state index in [0.717, 1.165) is 5.75 Å². The highest BCUT2D eigenvalue weighted by atomic mass is 32.2. The van der Waals surface area contributed by atoms with Crippen molar-refractivity contribution in [1.82, 2.24) is 5.32 Å². The van der Waals surface area contributed by atoms with Crippen molar-refractivity contribution in [3.63, 3.8) is 0 Å². The second-order valence-electron chi connectivity index (χ2n) is 3.84. The van der Waals surface area contributed by atoms with E-state index in [1.165, 1.54) is 6.26 Å². The van der Waals surface area contributed by atoms with Crippen LogP contribution in [0.3, 0.4) is 0 Å². The van der Waals surface area contributed by atoms with Crippen molar-refractivity contribution in [3.8, 4) is 0 Å². The summed E-state index contributed by atoms with van der Waals surface area (Å²) < 4.78 is 21.7. The summed E-state index contributed by atoms with van der Waals surface area (Å²) in [6.07, 6.45) is 1.28. The molecule has 0 aromatic heterocycles. The van der Waals surface area contributed by atoms with Crippen LogP contribution in [0.15, 0.2) is 0 Å². The van der Waals surface area contributed by atoms with Crippen LogP contribution in [-0.4, -0.2) is 45.0 Å². The Morgan fingerprint density at radius 1 is 1.36 bits per heavy atom. The lowest BCUT2D eigenvalue weighted by atomic mass is 10.1. The maximum absolute atomic E-state index is 10.9. The van der Waals surface area contributed by atoms with Gasteiger partial charge in [0.25, 0.3) is 0 Å². The zero-order valence-corrected chi connectivity index (χ0v) is 11.0. The van der Waals surface area contributed by atoms with Gasteiger partial charge in [-0.15, -0.1) is 0 Å². The third-order valence-corrected chi connectivity index (χ3v) is 4.36. The fraction of sp³-hybridized carbons (Fsp3) is 1.00. The Bertz CT molecular complexity index is 237. The molecule has 0 rings (SSSR count). The van der Waals surface area contributed by atoms with Crippen molar-refractivity contribution < 1.29 is 8.42 Å². The molecule has 14 heavy (non-hydrogen) atoms. The summed E-state index contributed by atoms with van der Waals surface area (Å²) >= 11 is 1.70. The summed E-state index contributed by atoms with van der Waals surface area (Å²) in [5.41, 5.74) is 0. The lowest BCUT2D eigenvalue weighted by molar-refractivity contribution is 0.465. The zero-order valence-electron chi connectivity index (χ0n) is 9.41. The summed E-state index contributed by atoms with van der Waals surface area (Å²) in [4.78, 5) is 0. The Labute approximate surface area is 92.0 Å². The normalized spacial score (nSPS) is 14.6. The lowest BCUT2D eigenvalue weighted by Gasteiger charge is -2.19. The number of thioether (sulfide) groups is 1. The fourth-order valence-electron chi connectivity index (χ4n) is 1.03. The average molecular weight is 239 g/mol. The maximum atomic E-state index is 10.9. The molecule has 0 heterocycles. The van der Waals surface area contributed by atoms with Gasteiger partial charge in [0.1, 0.15) is 9.84 Å². The highest BCUT2D eigenvalue weighted by Crippen LogP contribution is 2.10. The van der Waals surface area contributed by atoms with Gasteiger partial charge in [-0.25, -0.2) is 8.42 Å². The van der Waals surface area contributed by atoms with Gasteiger partial charge in [0.05, 0.1) is 5.75 Å². The molecule has 0 bridgehead atoms. The molecule has 0 aliphatic rings. The van der Waals surface area contributed by atoms with Gasteiger partial charge in [0, 0.05) is 23.8 Å². The summed E-state index contributed by atoms with van der Waals surface area (Å²) in [7, 11) is -0.844. The second-order valence-corrected chi connectivity index (χ2v) is 7.25. The van der Waals surface area contributed by atoms with E-state index in [1.54, 1.807) is 11.8 Å². The third kappa shape index (κ3) is 7.64. The summed E-state index contributed by atoms with van der Waals surface area (Å²) in [6, 6.07) is 0.472. The lowest BCUT2D eigenvalue weighted by Crippen LogP contribution is -2.33. The first-order chi connectivity index (χ1) is 6.37. The van der Waals surface area contributed by atoms with E-state index >= 15 is 0 Å². The molecule has 0 saturated heterocycles. The molecule has 0 aliphatic heterocycles. The van der Waals surface area contributed by atoms with Crippen LogP contribution >= 0.6 is 11.8 Å². The van der Waals surface area contributed by atoms with E-state index in [9.17, 15) is 8.42 Å². The van der Waals surface area contributed by atoms with E-state index in [-0.39, 0.29) is 5.75 Å². The van der Waals surface area contributed by atoms with Crippen LogP contribution in [0.5, 0.6) is 0 Å². The summed E-state index contributed by atoms with van der Waals surface area (Å²) in [5, 5.41) is 3.23.